The van der Waals surface area contributed by atoms with Crippen molar-refractivity contribution in [1.82, 2.24) is 29.3 Å². The van der Waals surface area contributed by atoms with Gasteiger partial charge in [0.25, 0.3) is 0 Å². The first kappa shape index (κ1) is 16.8. The average Bonchev–Trinajstić information content (AvgIpc) is 3.37. The Hall–Kier alpha value is -4.13. The third kappa shape index (κ3) is 2.49. The van der Waals surface area contributed by atoms with E-state index < -0.39 is 0 Å². The Labute approximate surface area is 170 Å². The molecule has 0 unspecified atom stereocenters. The van der Waals surface area contributed by atoms with Crippen LogP contribution >= 0.6 is 0 Å². The summed E-state index contributed by atoms with van der Waals surface area (Å²) < 4.78 is 16.3. The number of pyridine rings is 2. The third-order valence-electron chi connectivity index (χ3n) is 5.35. The molecule has 144 valence electrons. The molecular weight excluding hydrogens is 379 g/mol. The van der Waals surface area contributed by atoms with Crippen molar-refractivity contribution in [1.29, 1.82) is 0 Å². The van der Waals surface area contributed by atoms with Crippen LogP contribution in [0.4, 0.5) is 4.39 Å². The molecule has 6 nitrogen and oxygen atoms in total. The van der Waals surface area contributed by atoms with Crippen LogP contribution in [0.3, 0.4) is 0 Å². The maximum absolute atomic E-state index is 14.5. The largest absolute Gasteiger partial charge is 0.345 e. The lowest BCUT2D eigenvalue weighted by atomic mass is 10.1. The highest BCUT2D eigenvalue weighted by Crippen LogP contribution is 2.30. The normalized spacial score (nSPS) is 11.7. The summed E-state index contributed by atoms with van der Waals surface area (Å²) in [7, 11) is 0. The van der Waals surface area contributed by atoms with Gasteiger partial charge in [-0.15, -0.1) is 0 Å². The lowest BCUT2D eigenvalue weighted by molar-refractivity contribution is 0.630. The van der Waals surface area contributed by atoms with Crippen molar-refractivity contribution < 1.29 is 4.39 Å². The molecule has 30 heavy (non-hydrogen) atoms. The molecule has 6 rings (SSSR count). The number of hydrogen-bond acceptors (Lipinski definition) is 4. The predicted molar refractivity (Wildman–Crippen MR) is 114 cm³/mol. The Bertz CT molecular complexity index is 1580. The number of halogens is 1. The smallest absolute Gasteiger partial charge is 0.173 e. The predicted octanol–water partition coefficient (Wildman–Crippen LogP) is 4.94. The van der Waals surface area contributed by atoms with Gasteiger partial charge in [-0.3, -0.25) is 4.98 Å². The van der Waals surface area contributed by atoms with Crippen LogP contribution in [0.2, 0.25) is 0 Å². The van der Waals surface area contributed by atoms with E-state index in [1.165, 1.54) is 6.07 Å². The number of aromatic amines is 1. The van der Waals surface area contributed by atoms with Crippen molar-refractivity contribution >= 4 is 27.6 Å². The Morgan fingerprint density at radius 3 is 2.87 bits per heavy atom. The second-order valence-electron chi connectivity index (χ2n) is 7.24. The molecule has 0 atom stereocenters. The van der Waals surface area contributed by atoms with Gasteiger partial charge < -0.3 is 9.38 Å². The van der Waals surface area contributed by atoms with Gasteiger partial charge in [0, 0.05) is 64.1 Å². The minimum absolute atomic E-state index is 0.320. The second kappa shape index (κ2) is 6.18. The molecule has 0 aliphatic heterocycles. The maximum Gasteiger partial charge on any atom is 0.173 e. The summed E-state index contributed by atoms with van der Waals surface area (Å²) in [6, 6.07) is 11.4. The Kier molecular flexibility index (Phi) is 3.46. The molecule has 5 heterocycles. The van der Waals surface area contributed by atoms with E-state index in [1.807, 2.05) is 49.6 Å². The summed E-state index contributed by atoms with van der Waals surface area (Å²) in [6.07, 6.45) is 8.93. The van der Waals surface area contributed by atoms with Crippen LogP contribution in [0.25, 0.3) is 50.1 Å². The van der Waals surface area contributed by atoms with Crippen LogP contribution in [0.15, 0.2) is 67.4 Å². The van der Waals surface area contributed by atoms with Crippen molar-refractivity contribution in [3.05, 3.63) is 78.9 Å². The van der Waals surface area contributed by atoms with E-state index in [1.54, 1.807) is 23.0 Å². The van der Waals surface area contributed by atoms with Crippen LogP contribution in [0.5, 0.6) is 0 Å². The molecular formula is C23H15FN6. The molecule has 7 heteroatoms. The van der Waals surface area contributed by atoms with Gasteiger partial charge in [-0.25, -0.2) is 19.3 Å². The van der Waals surface area contributed by atoms with Gasteiger partial charge in [0.15, 0.2) is 17.3 Å². The van der Waals surface area contributed by atoms with Gasteiger partial charge in [-0.1, -0.05) is 6.07 Å². The molecule has 1 aromatic carbocycles. The molecule has 0 fully saturated rings. The SMILES string of the molecule is Cc1cnc2c(F)cc(-c3c[nH]c4nc(-c5ccc6ncccc6c5)ncc34)cn12. The van der Waals surface area contributed by atoms with Gasteiger partial charge in [0.1, 0.15) is 5.65 Å². The summed E-state index contributed by atoms with van der Waals surface area (Å²) in [5.41, 5.74) is 5.31. The van der Waals surface area contributed by atoms with Crippen molar-refractivity contribution in [2.45, 2.75) is 6.92 Å². The number of H-pyrrole nitrogens is 1. The zero-order valence-electron chi connectivity index (χ0n) is 16.0. The van der Waals surface area contributed by atoms with E-state index in [4.69, 9.17) is 4.98 Å². The first-order chi connectivity index (χ1) is 14.7. The molecule has 0 spiro atoms. The monoisotopic (exact) mass is 394 g/mol. The van der Waals surface area contributed by atoms with E-state index in [-0.39, 0.29) is 5.82 Å². The van der Waals surface area contributed by atoms with E-state index in [0.29, 0.717) is 17.1 Å². The number of rotatable bonds is 2. The molecule has 0 amide bonds. The molecule has 0 bridgehead atoms. The Morgan fingerprint density at radius 1 is 1.00 bits per heavy atom. The number of benzene rings is 1. The molecule has 0 aliphatic rings. The average molecular weight is 394 g/mol. The van der Waals surface area contributed by atoms with Gasteiger partial charge in [-0.2, -0.15) is 0 Å². The number of aryl methyl sites for hydroxylation is 1. The molecule has 0 radical (unpaired) electrons. The lowest BCUT2D eigenvalue weighted by Gasteiger charge is -2.05. The molecule has 5 aromatic heterocycles. The molecule has 6 aromatic rings. The van der Waals surface area contributed by atoms with Crippen LogP contribution < -0.4 is 0 Å². The Morgan fingerprint density at radius 2 is 1.93 bits per heavy atom. The van der Waals surface area contributed by atoms with Gasteiger partial charge in [-0.05, 0) is 37.3 Å². The number of aromatic nitrogens is 6. The van der Waals surface area contributed by atoms with E-state index in [9.17, 15) is 4.39 Å². The summed E-state index contributed by atoms with van der Waals surface area (Å²) in [6.45, 7) is 1.90. The van der Waals surface area contributed by atoms with E-state index in [2.05, 4.69) is 19.9 Å². The Balaban J connectivity index is 1.48. The van der Waals surface area contributed by atoms with Crippen LogP contribution in [0, 0.1) is 12.7 Å². The molecule has 0 aliphatic carbocycles. The minimum Gasteiger partial charge on any atom is -0.345 e. The molecule has 0 saturated heterocycles. The zero-order chi connectivity index (χ0) is 20.2. The van der Waals surface area contributed by atoms with Crippen LogP contribution in [0.1, 0.15) is 5.69 Å². The van der Waals surface area contributed by atoms with E-state index in [0.717, 1.165) is 38.7 Å². The highest BCUT2D eigenvalue weighted by atomic mass is 19.1. The lowest BCUT2D eigenvalue weighted by Crippen LogP contribution is -1.93. The number of nitrogens with one attached hydrogen (secondary N) is 1. The molecule has 0 saturated carbocycles. The number of imidazole rings is 1. The maximum atomic E-state index is 14.5. The third-order valence-corrected chi connectivity index (χ3v) is 5.35. The quantitative estimate of drug-likeness (QED) is 0.452. The van der Waals surface area contributed by atoms with Gasteiger partial charge >= 0.3 is 0 Å². The number of nitrogens with zero attached hydrogens (tertiary/aromatic N) is 5. The fourth-order valence-corrected chi connectivity index (χ4v) is 3.81. The van der Waals surface area contributed by atoms with Crippen molar-refractivity contribution in [3.8, 4) is 22.5 Å². The van der Waals surface area contributed by atoms with Crippen molar-refractivity contribution in [2.24, 2.45) is 0 Å². The molecule has 1 N–H and O–H groups in total. The second-order valence-corrected chi connectivity index (χ2v) is 7.24. The first-order valence-corrected chi connectivity index (χ1v) is 9.50. The highest BCUT2D eigenvalue weighted by Gasteiger charge is 2.14. The summed E-state index contributed by atoms with van der Waals surface area (Å²) in [5.74, 6) is 0.256. The topological polar surface area (TPSA) is 71.8 Å². The fourth-order valence-electron chi connectivity index (χ4n) is 3.81. The number of fused-ring (bicyclic) bond motifs is 3. The standard InChI is InChI=1S/C23H15FN6/c1-13-9-28-23-19(24)8-16(12-30(13)23)17-10-27-22-18(17)11-26-21(29-22)15-4-5-20-14(7-15)3-2-6-25-20/h2-12H,1H3,(H,26,27,29). The van der Waals surface area contributed by atoms with Crippen molar-refractivity contribution in [3.63, 3.8) is 0 Å². The zero-order valence-corrected chi connectivity index (χ0v) is 16.0. The summed E-state index contributed by atoms with van der Waals surface area (Å²) in [4.78, 5) is 20.9. The number of hydrogen-bond donors (Lipinski definition) is 1. The van der Waals surface area contributed by atoms with Gasteiger partial charge in [0.05, 0.1) is 5.52 Å². The van der Waals surface area contributed by atoms with Crippen molar-refractivity contribution in [2.75, 3.05) is 0 Å². The van der Waals surface area contributed by atoms with Crippen LogP contribution in [-0.2, 0) is 0 Å². The first-order valence-electron chi connectivity index (χ1n) is 9.50. The fraction of sp³-hybridized carbons (Fsp3) is 0.0435. The van der Waals surface area contributed by atoms with Gasteiger partial charge in [0.2, 0.25) is 0 Å². The van der Waals surface area contributed by atoms with E-state index >= 15 is 0 Å². The summed E-state index contributed by atoms with van der Waals surface area (Å²) in [5, 5.41) is 1.86. The minimum atomic E-state index is -0.364. The summed E-state index contributed by atoms with van der Waals surface area (Å²) >= 11 is 0. The van der Waals surface area contributed by atoms with Crippen LogP contribution in [-0.4, -0.2) is 29.3 Å². The highest BCUT2D eigenvalue weighted by molar-refractivity contribution is 5.94.